The van der Waals surface area contributed by atoms with E-state index in [1.54, 1.807) is 0 Å². The fourth-order valence-corrected chi connectivity index (χ4v) is 9.10. The van der Waals surface area contributed by atoms with E-state index in [4.69, 9.17) is 0 Å². The van der Waals surface area contributed by atoms with Gasteiger partial charge in [-0.05, 0) is 93.4 Å². The fourth-order valence-electron chi connectivity index (χ4n) is 6.66. The van der Waals surface area contributed by atoms with Crippen molar-refractivity contribution in [2.75, 3.05) is 17.4 Å². The molecule has 1 aliphatic heterocycles. The fraction of sp³-hybridized carbons (Fsp3) is 0.0526. The number of benzene rings is 6. The van der Waals surface area contributed by atoms with Crippen LogP contribution in [0.3, 0.4) is 0 Å². The average molecular weight is 532 g/mol. The van der Waals surface area contributed by atoms with Gasteiger partial charge >= 0.3 is 0 Å². The van der Waals surface area contributed by atoms with Crippen LogP contribution in [0.5, 0.6) is 0 Å². The van der Waals surface area contributed by atoms with Crippen molar-refractivity contribution in [1.29, 1.82) is 0 Å². The summed E-state index contributed by atoms with van der Waals surface area (Å²) >= 11 is 0. The molecule has 0 saturated heterocycles. The van der Waals surface area contributed by atoms with Crippen LogP contribution in [0.1, 0.15) is 0 Å². The minimum atomic E-state index is -1.13. The van der Waals surface area contributed by atoms with Crippen molar-refractivity contribution in [1.82, 2.24) is 0 Å². The van der Waals surface area contributed by atoms with Gasteiger partial charge in [-0.3, -0.25) is 0 Å². The van der Waals surface area contributed by atoms with Crippen LogP contribution in [-0.2, 0) is 0 Å². The predicted molar refractivity (Wildman–Crippen MR) is 172 cm³/mol. The molecule has 0 radical (unpaired) electrons. The normalized spacial score (nSPS) is 14.7. The molecule has 8 rings (SSSR count). The van der Waals surface area contributed by atoms with E-state index in [2.05, 4.69) is 157 Å². The van der Waals surface area contributed by atoms with Crippen LogP contribution in [-0.4, -0.2) is 12.5 Å². The molecular weight excluding hydrogens is 502 g/mol. The minimum Gasteiger partial charge on any atom is -0.308 e. The quantitative estimate of drug-likeness (QED) is 0.204. The molecule has 0 unspecified atom stereocenters. The number of anilines is 3. The summed E-state index contributed by atoms with van der Waals surface area (Å²) in [6.45, 7) is 0. The maximum atomic E-state index is 2.48. The molecule has 0 atom stereocenters. The lowest BCUT2D eigenvalue weighted by molar-refractivity contribution is 1.15. The molecule has 1 aliphatic carbocycles. The summed E-state index contributed by atoms with van der Waals surface area (Å²) < 4.78 is 0. The molecule has 40 heavy (non-hydrogen) atoms. The Labute approximate surface area is 237 Å². The second-order valence-electron chi connectivity index (χ2n) is 11.0. The van der Waals surface area contributed by atoms with Gasteiger partial charge in [0.25, 0.3) is 0 Å². The van der Waals surface area contributed by atoms with E-state index in [-0.39, 0.29) is 0 Å². The van der Waals surface area contributed by atoms with E-state index >= 15 is 0 Å². The van der Waals surface area contributed by atoms with Gasteiger partial charge in [0, 0.05) is 15.5 Å². The third-order valence-electron chi connectivity index (χ3n) is 8.52. The monoisotopic (exact) mass is 531 g/mol. The number of rotatable bonds is 1. The molecule has 1 heterocycles. The highest BCUT2D eigenvalue weighted by molar-refractivity contribution is 8.33. The second kappa shape index (κ2) is 8.74. The number of hydrogen-bond acceptors (Lipinski definition) is 1. The van der Waals surface area contributed by atoms with Crippen molar-refractivity contribution in [3.05, 3.63) is 140 Å². The highest BCUT2D eigenvalue weighted by atomic mass is 32.3. The smallest absolute Gasteiger partial charge is 0.0586 e. The van der Waals surface area contributed by atoms with Gasteiger partial charge < -0.3 is 4.90 Å². The number of fused-ring (bicyclic) bond motifs is 10. The molecule has 0 aromatic heterocycles. The molecule has 6 aromatic carbocycles. The van der Waals surface area contributed by atoms with Gasteiger partial charge in [0.1, 0.15) is 0 Å². The summed E-state index contributed by atoms with van der Waals surface area (Å²) in [4.78, 5) is 5.34. The van der Waals surface area contributed by atoms with E-state index in [0.717, 1.165) is 0 Å². The Kier molecular flexibility index (Phi) is 5.11. The van der Waals surface area contributed by atoms with Crippen molar-refractivity contribution < 1.29 is 0 Å². The van der Waals surface area contributed by atoms with Gasteiger partial charge in [-0.25, -0.2) is 0 Å². The molecule has 0 fully saturated rings. The molecular formula is C38H29NS. The first-order valence-corrected chi connectivity index (χ1v) is 16.2. The van der Waals surface area contributed by atoms with Crippen molar-refractivity contribution >= 4 is 27.1 Å². The van der Waals surface area contributed by atoms with Crippen LogP contribution in [0.25, 0.3) is 44.5 Å². The molecule has 2 heteroatoms. The third kappa shape index (κ3) is 3.30. The molecule has 0 amide bonds. The molecule has 0 bridgehead atoms. The number of para-hydroxylation sites is 2. The Morgan fingerprint density at radius 1 is 0.375 bits per heavy atom. The Morgan fingerprint density at radius 3 is 1.18 bits per heavy atom. The van der Waals surface area contributed by atoms with Crippen LogP contribution in [0.15, 0.2) is 149 Å². The number of hydrogen-bond donors (Lipinski definition) is 0. The highest BCUT2D eigenvalue weighted by Gasteiger charge is 2.34. The lowest BCUT2D eigenvalue weighted by Gasteiger charge is -2.45. The topological polar surface area (TPSA) is 3.24 Å². The van der Waals surface area contributed by atoms with Crippen LogP contribution >= 0.6 is 10.0 Å². The van der Waals surface area contributed by atoms with E-state index in [1.165, 1.54) is 71.4 Å². The Balaban J connectivity index is 1.44. The molecule has 6 aromatic rings. The van der Waals surface area contributed by atoms with E-state index < -0.39 is 10.0 Å². The van der Waals surface area contributed by atoms with E-state index in [0.29, 0.717) is 0 Å². The summed E-state index contributed by atoms with van der Waals surface area (Å²) in [6, 6.07) is 51.6. The van der Waals surface area contributed by atoms with E-state index in [9.17, 15) is 0 Å². The minimum absolute atomic E-state index is 1.13. The van der Waals surface area contributed by atoms with Crippen molar-refractivity contribution in [2.24, 2.45) is 0 Å². The Bertz CT molecular complexity index is 1890. The first-order chi connectivity index (χ1) is 19.6. The summed E-state index contributed by atoms with van der Waals surface area (Å²) in [7, 11) is -1.13. The average Bonchev–Trinajstić information content (AvgIpc) is 3.01. The summed E-state index contributed by atoms with van der Waals surface area (Å²) in [6.07, 6.45) is 4.85. The first-order valence-electron chi connectivity index (χ1n) is 13.8. The largest absolute Gasteiger partial charge is 0.308 e. The standard InChI is InChI=1S/C38H29NS/c1-40(2)37-21-11-9-19-35(37)39(36-20-10-12-22-38(36)40)26-23-24-33-31-17-6-5-15-29(31)27-13-3-4-14-28(27)30-16-7-8-18-32(30)34(33)25-26/h3-25H,1-2H3. The zero-order chi connectivity index (χ0) is 26.8. The van der Waals surface area contributed by atoms with Gasteiger partial charge in [-0.2, -0.15) is 10.0 Å². The Hall–Kier alpha value is -4.53. The maximum Gasteiger partial charge on any atom is 0.0586 e. The molecule has 0 saturated carbocycles. The lowest BCUT2D eigenvalue weighted by Crippen LogP contribution is -2.20. The zero-order valence-corrected chi connectivity index (χ0v) is 23.5. The molecule has 192 valence electrons. The first kappa shape index (κ1) is 23.4. The summed E-state index contributed by atoms with van der Waals surface area (Å²) in [5.74, 6) is 0. The molecule has 0 N–H and O–H groups in total. The van der Waals surface area contributed by atoms with Crippen molar-refractivity contribution in [3.8, 4) is 44.5 Å². The Morgan fingerprint density at radius 2 is 0.725 bits per heavy atom. The van der Waals surface area contributed by atoms with Gasteiger partial charge in [0.05, 0.1) is 11.4 Å². The second-order valence-corrected chi connectivity index (χ2v) is 14.5. The van der Waals surface area contributed by atoms with Crippen molar-refractivity contribution in [2.45, 2.75) is 9.79 Å². The molecule has 1 nitrogen and oxygen atoms in total. The summed E-state index contributed by atoms with van der Waals surface area (Å²) in [5, 5.41) is 0. The van der Waals surface area contributed by atoms with Crippen molar-refractivity contribution in [3.63, 3.8) is 0 Å². The van der Waals surface area contributed by atoms with Gasteiger partial charge in [-0.1, -0.05) is 103 Å². The maximum absolute atomic E-state index is 2.48. The zero-order valence-electron chi connectivity index (χ0n) is 22.6. The summed E-state index contributed by atoms with van der Waals surface area (Å²) in [5.41, 5.74) is 13.9. The molecule has 2 aliphatic rings. The molecule has 0 spiro atoms. The van der Waals surface area contributed by atoms with E-state index in [1.807, 2.05) is 0 Å². The highest BCUT2D eigenvalue weighted by Crippen LogP contribution is 2.67. The predicted octanol–water partition coefficient (Wildman–Crippen LogP) is 10.9. The van der Waals surface area contributed by atoms with Gasteiger partial charge in [0.2, 0.25) is 0 Å². The van der Waals surface area contributed by atoms with Crippen LogP contribution < -0.4 is 4.90 Å². The van der Waals surface area contributed by atoms with Crippen LogP contribution in [0, 0.1) is 0 Å². The third-order valence-corrected chi connectivity index (χ3v) is 11.4. The lowest BCUT2D eigenvalue weighted by atomic mass is 9.81. The van der Waals surface area contributed by atoms with Gasteiger partial charge in [-0.15, -0.1) is 0 Å². The SMILES string of the molecule is CS1(C)c2ccccc2N(c2ccc3c(c2)-c2ccccc2-c2ccccc2-c2ccccc2-3)c2ccccc21. The van der Waals surface area contributed by atoms with Crippen LogP contribution in [0.4, 0.5) is 17.1 Å². The number of nitrogens with zero attached hydrogens (tertiary/aromatic N) is 1. The van der Waals surface area contributed by atoms with Gasteiger partial charge in [0.15, 0.2) is 0 Å². The van der Waals surface area contributed by atoms with Crippen LogP contribution in [0.2, 0.25) is 0 Å².